The van der Waals surface area contributed by atoms with Crippen molar-refractivity contribution >= 4 is 38.7 Å². The Morgan fingerprint density at radius 1 is 1.13 bits per heavy atom. The highest BCUT2D eigenvalue weighted by molar-refractivity contribution is 8.05. The van der Waals surface area contributed by atoms with Gasteiger partial charge in [-0.3, -0.25) is 15.1 Å². The Kier molecular flexibility index (Phi) is 11.6. The van der Waals surface area contributed by atoms with Crippen molar-refractivity contribution in [1.82, 2.24) is 29.7 Å². The largest absolute Gasteiger partial charge is 0.477 e. The van der Waals surface area contributed by atoms with Gasteiger partial charge in [0.15, 0.2) is 10.9 Å². The van der Waals surface area contributed by atoms with E-state index in [1.54, 1.807) is 11.0 Å². The molecule has 0 bridgehead atoms. The Morgan fingerprint density at radius 3 is 2.49 bits per heavy atom. The van der Waals surface area contributed by atoms with Crippen molar-refractivity contribution in [2.24, 2.45) is 22.2 Å². The minimum absolute atomic E-state index is 0.0834. The van der Waals surface area contributed by atoms with Gasteiger partial charge in [-0.2, -0.15) is 21.6 Å². The summed E-state index contributed by atoms with van der Waals surface area (Å²) < 4.78 is 80.3. The molecule has 3 unspecified atom stereocenters. The van der Waals surface area contributed by atoms with E-state index >= 15 is 0 Å². The van der Waals surface area contributed by atoms with Crippen LogP contribution in [0.4, 0.5) is 18.0 Å². The Labute approximate surface area is 312 Å². The van der Waals surface area contributed by atoms with Gasteiger partial charge in [-0.05, 0) is 104 Å². The van der Waals surface area contributed by atoms with E-state index in [9.17, 15) is 31.2 Å². The minimum Gasteiger partial charge on any atom is -0.477 e. The minimum atomic E-state index is -4.39. The van der Waals surface area contributed by atoms with Crippen LogP contribution in [0.3, 0.4) is 0 Å². The van der Waals surface area contributed by atoms with Crippen LogP contribution in [0.1, 0.15) is 90.4 Å². The maximum Gasteiger partial charge on any atom is 0.410 e. The predicted molar refractivity (Wildman–Crippen MR) is 192 cm³/mol. The highest BCUT2D eigenvalue weighted by Gasteiger charge is 2.62. The van der Waals surface area contributed by atoms with Gasteiger partial charge in [-0.25, -0.2) is 19.2 Å². The van der Waals surface area contributed by atoms with Crippen molar-refractivity contribution in [3.8, 4) is 11.7 Å². The molecule has 4 heterocycles. The predicted octanol–water partition coefficient (Wildman–Crippen LogP) is 6.43. The average Bonchev–Trinajstić information content (AvgIpc) is 3.58. The van der Waals surface area contributed by atoms with Crippen LogP contribution in [-0.2, 0) is 14.8 Å². The summed E-state index contributed by atoms with van der Waals surface area (Å²) in [5, 5.41) is 6.84. The molecule has 0 radical (unpaired) electrons. The number of hydrogen-bond acceptors (Lipinski definition) is 10. The Hall–Kier alpha value is -3.70. The van der Waals surface area contributed by atoms with Gasteiger partial charge < -0.3 is 14.4 Å². The monoisotopic (exact) mass is 785 g/mol. The SMILES string of the molecule is CC1C=CC(S(=O)(=O)NC(=O)c2ccc(-n3ccc(OCCC4(C(F)(F)F)CC4)n3)nc2Cl)=NC1NCCCC1CN(C(=O)OC(C)(C)C)C(C)(C)C1. The standard InChI is InChI=1S/C35H47ClF3N7O6S/c1-22-9-12-27(42-29(22)40-17-7-8-23-20-33(5,6)45(21-23)31(48)52-32(2,3)4)53(49,50)44-30(47)24-10-11-25(41-28(24)36)46-18-13-26(43-46)51-19-16-34(14-15-34)35(37,38)39/h9-13,18,22-23,29,40H,7-8,14-17,19-21H2,1-6H3,(H,44,47). The van der Waals surface area contributed by atoms with E-state index in [0.29, 0.717) is 19.0 Å². The fourth-order valence-corrected chi connectivity index (χ4v) is 7.73. The Morgan fingerprint density at radius 2 is 1.85 bits per heavy atom. The quantitative estimate of drug-likeness (QED) is 0.194. The summed E-state index contributed by atoms with van der Waals surface area (Å²) in [6, 6.07) is 4.12. The second kappa shape index (κ2) is 15.2. The number of likely N-dealkylation sites (tertiary alicyclic amines) is 1. The van der Waals surface area contributed by atoms with Crippen molar-refractivity contribution in [2.45, 2.75) is 104 Å². The summed E-state index contributed by atoms with van der Waals surface area (Å²) >= 11 is 6.28. The fourth-order valence-electron chi connectivity index (χ4n) is 6.53. The molecule has 0 aromatic carbocycles. The van der Waals surface area contributed by atoms with Crippen LogP contribution in [0.15, 0.2) is 41.5 Å². The molecule has 0 spiro atoms. The number of hydrogen-bond donors (Lipinski definition) is 2. The van der Waals surface area contributed by atoms with Crippen molar-refractivity contribution < 1.29 is 40.7 Å². The zero-order chi connectivity index (χ0) is 39.0. The summed E-state index contributed by atoms with van der Waals surface area (Å²) in [5.74, 6) is -0.596. The number of alkyl halides is 3. The number of ether oxygens (including phenoxy) is 2. The summed E-state index contributed by atoms with van der Waals surface area (Å²) in [6.45, 7) is 12.5. The molecule has 2 fully saturated rings. The van der Waals surface area contributed by atoms with Crippen LogP contribution in [-0.4, -0.2) is 88.3 Å². The van der Waals surface area contributed by atoms with Crippen LogP contribution in [0, 0.1) is 17.3 Å². The molecular weight excluding hydrogens is 739 g/mol. The molecule has 18 heteroatoms. The molecule has 53 heavy (non-hydrogen) atoms. The van der Waals surface area contributed by atoms with E-state index in [4.69, 9.17) is 21.1 Å². The highest BCUT2D eigenvalue weighted by atomic mass is 35.5. The molecule has 1 aliphatic carbocycles. The van der Waals surface area contributed by atoms with E-state index in [0.717, 1.165) is 19.3 Å². The van der Waals surface area contributed by atoms with Crippen LogP contribution in [0.2, 0.25) is 5.15 Å². The number of aromatic nitrogens is 3. The number of carbonyl (C=O) groups excluding carboxylic acids is 2. The molecule has 2 aliphatic heterocycles. The molecule has 3 aliphatic rings. The van der Waals surface area contributed by atoms with E-state index in [1.807, 2.05) is 46.3 Å². The number of halogens is 4. The zero-order valence-electron chi connectivity index (χ0n) is 30.7. The number of dihydropyridines is 1. The summed E-state index contributed by atoms with van der Waals surface area (Å²) in [5.41, 5.74) is -2.80. The van der Waals surface area contributed by atoms with Gasteiger partial charge in [-0.1, -0.05) is 24.6 Å². The van der Waals surface area contributed by atoms with E-state index in [-0.39, 0.29) is 70.9 Å². The van der Waals surface area contributed by atoms with Gasteiger partial charge in [0.05, 0.1) is 17.6 Å². The number of amides is 2. The molecule has 13 nitrogen and oxygen atoms in total. The summed E-state index contributed by atoms with van der Waals surface area (Å²) in [4.78, 5) is 36.1. The highest BCUT2D eigenvalue weighted by Crippen LogP contribution is 2.59. The van der Waals surface area contributed by atoms with Crippen LogP contribution >= 0.6 is 11.6 Å². The number of carbonyl (C=O) groups is 2. The third-order valence-corrected chi connectivity index (χ3v) is 11.2. The third-order valence-electron chi connectivity index (χ3n) is 9.69. The molecular formula is C35H47ClF3N7O6S. The van der Waals surface area contributed by atoms with E-state index in [2.05, 4.69) is 20.4 Å². The van der Waals surface area contributed by atoms with Gasteiger partial charge in [-0.15, -0.1) is 5.10 Å². The van der Waals surface area contributed by atoms with Crippen molar-refractivity contribution in [1.29, 1.82) is 0 Å². The lowest BCUT2D eigenvalue weighted by Gasteiger charge is -2.33. The normalized spacial score (nSPS) is 22.3. The maximum absolute atomic E-state index is 13.2. The van der Waals surface area contributed by atoms with Gasteiger partial charge in [0.2, 0.25) is 5.88 Å². The molecule has 2 aromatic heterocycles. The van der Waals surface area contributed by atoms with Gasteiger partial charge in [0.25, 0.3) is 15.9 Å². The van der Waals surface area contributed by atoms with Crippen molar-refractivity contribution in [3.63, 3.8) is 0 Å². The second-order valence-electron chi connectivity index (χ2n) is 15.6. The molecule has 292 valence electrons. The number of sulfonamides is 1. The summed E-state index contributed by atoms with van der Waals surface area (Å²) in [6.07, 6.45) is 1.84. The molecule has 2 aromatic rings. The first-order valence-corrected chi connectivity index (χ1v) is 19.4. The lowest BCUT2D eigenvalue weighted by molar-refractivity contribution is -0.190. The van der Waals surface area contributed by atoms with Gasteiger partial charge in [0.1, 0.15) is 16.9 Å². The topological polar surface area (TPSA) is 157 Å². The molecule has 3 atom stereocenters. The first-order chi connectivity index (χ1) is 24.6. The molecule has 2 N–H and O–H groups in total. The third kappa shape index (κ3) is 9.89. The van der Waals surface area contributed by atoms with Crippen LogP contribution in [0.5, 0.6) is 5.88 Å². The molecule has 1 saturated carbocycles. The first kappa shape index (κ1) is 40.5. The summed E-state index contributed by atoms with van der Waals surface area (Å²) in [7, 11) is -4.39. The number of nitrogens with one attached hydrogen (secondary N) is 2. The fraction of sp³-hybridized carbons (Fsp3) is 0.629. The number of aliphatic imine (C=N–C) groups is 1. The molecule has 2 amide bonds. The van der Waals surface area contributed by atoms with Crippen molar-refractivity contribution in [2.75, 3.05) is 19.7 Å². The molecule has 1 saturated heterocycles. The zero-order valence-corrected chi connectivity index (χ0v) is 32.2. The smallest absolute Gasteiger partial charge is 0.410 e. The van der Waals surface area contributed by atoms with Gasteiger partial charge in [0, 0.05) is 30.3 Å². The number of rotatable bonds is 11. The lowest BCUT2D eigenvalue weighted by atomic mass is 9.93. The van der Waals surface area contributed by atoms with Crippen molar-refractivity contribution in [3.05, 3.63) is 47.3 Å². The lowest BCUT2D eigenvalue weighted by Crippen LogP contribution is -2.45. The Bertz CT molecular complexity index is 1850. The van der Waals surface area contributed by atoms with E-state index in [1.165, 1.54) is 35.2 Å². The van der Waals surface area contributed by atoms with Gasteiger partial charge >= 0.3 is 12.3 Å². The average molecular weight is 786 g/mol. The maximum atomic E-state index is 13.2. The van der Waals surface area contributed by atoms with Crippen LogP contribution < -0.4 is 14.8 Å². The number of pyridine rings is 1. The first-order valence-electron chi connectivity index (χ1n) is 17.6. The number of nitrogens with zero attached hydrogens (tertiary/aromatic N) is 5. The second-order valence-corrected chi connectivity index (χ2v) is 17.6. The van der Waals surface area contributed by atoms with Crippen LogP contribution in [0.25, 0.3) is 5.82 Å². The molecule has 5 rings (SSSR count). The van der Waals surface area contributed by atoms with E-state index < -0.39 is 39.3 Å². The Balaban J connectivity index is 1.12.